The van der Waals surface area contributed by atoms with Crippen LogP contribution in [0.5, 0.6) is 0 Å². The standard InChI is InChI=1S/C14H12BrClN2O/c1-8-5-11(3-4-12(8)15)18-14(19)10-6-9(2)17-13(16)7-10/h3-7H,1-2H3,(H,18,19). The van der Waals surface area contributed by atoms with Gasteiger partial charge >= 0.3 is 0 Å². The number of aryl methyl sites for hydroxylation is 2. The fourth-order valence-electron chi connectivity index (χ4n) is 1.68. The molecule has 0 fully saturated rings. The van der Waals surface area contributed by atoms with Crippen LogP contribution in [0.2, 0.25) is 5.15 Å². The maximum absolute atomic E-state index is 12.1. The largest absolute Gasteiger partial charge is 0.322 e. The fourth-order valence-corrected chi connectivity index (χ4v) is 2.18. The van der Waals surface area contributed by atoms with Crippen LogP contribution in [0.15, 0.2) is 34.8 Å². The van der Waals surface area contributed by atoms with E-state index in [-0.39, 0.29) is 5.91 Å². The van der Waals surface area contributed by atoms with Gasteiger partial charge in [0.15, 0.2) is 0 Å². The Labute approximate surface area is 125 Å². The minimum atomic E-state index is -0.200. The zero-order valence-corrected chi connectivity index (χ0v) is 12.8. The zero-order valence-electron chi connectivity index (χ0n) is 10.5. The normalized spacial score (nSPS) is 10.3. The van der Waals surface area contributed by atoms with Crippen molar-refractivity contribution >= 4 is 39.1 Å². The number of nitrogens with one attached hydrogen (secondary N) is 1. The van der Waals surface area contributed by atoms with Crippen LogP contribution in [0, 0.1) is 13.8 Å². The number of pyridine rings is 1. The summed E-state index contributed by atoms with van der Waals surface area (Å²) in [6.07, 6.45) is 0. The molecule has 1 heterocycles. The Kier molecular flexibility index (Phi) is 4.22. The Morgan fingerprint density at radius 3 is 2.63 bits per heavy atom. The monoisotopic (exact) mass is 338 g/mol. The average Bonchev–Trinajstić information content (AvgIpc) is 2.32. The maximum Gasteiger partial charge on any atom is 0.255 e. The molecule has 2 aromatic rings. The van der Waals surface area contributed by atoms with Gasteiger partial charge < -0.3 is 5.32 Å². The van der Waals surface area contributed by atoms with E-state index in [4.69, 9.17) is 11.6 Å². The molecule has 2 rings (SSSR count). The summed E-state index contributed by atoms with van der Waals surface area (Å²) >= 11 is 9.27. The number of hydrogen-bond acceptors (Lipinski definition) is 2. The zero-order chi connectivity index (χ0) is 14.0. The second kappa shape index (κ2) is 5.72. The van der Waals surface area contributed by atoms with Gasteiger partial charge in [0, 0.05) is 21.4 Å². The van der Waals surface area contributed by atoms with Crippen LogP contribution < -0.4 is 5.32 Å². The van der Waals surface area contributed by atoms with Crippen LogP contribution in [0.1, 0.15) is 21.6 Å². The molecule has 5 heteroatoms. The molecular formula is C14H12BrClN2O. The van der Waals surface area contributed by atoms with Crippen molar-refractivity contribution in [2.75, 3.05) is 5.32 Å². The summed E-state index contributed by atoms with van der Waals surface area (Å²) in [7, 11) is 0. The number of benzene rings is 1. The number of halogens is 2. The van der Waals surface area contributed by atoms with Crippen LogP contribution in [0.25, 0.3) is 0 Å². The van der Waals surface area contributed by atoms with E-state index in [2.05, 4.69) is 26.2 Å². The number of carbonyl (C=O) groups excluding carboxylic acids is 1. The third-order valence-electron chi connectivity index (χ3n) is 2.60. The number of nitrogens with zero attached hydrogens (tertiary/aromatic N) is 1. The molecule has 0 spiro atoms. The molecule has 0 radical (unpaired) electrons. The molecule has 3 nitrogen and oxygen atoms in total. The summed E-state index contributed by atoms with van der Waals surface area (Å²) in [5.41, 5.74) is 3.01. The predicted octanol–water partition coefficient (Wildman–Crippen LogP) is 4.37. The Hall–Kier alpha value is -1.39. The van der Waals surface area contributed by atoms with Crippen LogP contribution in [-0.2, 0) is 0 Å². The Bertz CT molecular complexity index is 623. The SMILES string of the molecule is Cc1cc(C(=O)Nc2ccc(Br)c(C)c2)cc(Cl)n1. The van der Waals surface area contributed by atoms with Gasteiger partial charge in [-0.2, -0.15) is 0 Å². The van der Waals surface area contributed by atoms with Crippen LogP contribution in [-0.4, -0.2) is 10.9 Å². The molecule has 1 aromatic carbocycles. The third kappa shape index (κ3) is 3.55. The average molecular weight is 340 g/mol. The lowest BCUT2D eigenvalue weighted by Crippen LogP contribution is -2.12. The van der Waals surface area contributed by atoms with Gasteiger partial charge in [-0.3, -0.25) is 4.79 Å². The molecule has 0 bridgehead atoms. The maximum atomic E-state index is 12.1. The summed E-state index contributed by atoms with van der Waals surface area (Å²) in [4.78, 5) is 16.1. The molecule has 0 saturated heterocycles. The molecule has 0 aliphatic heterocycles. The Morgan fingerprint density at radius 1 is 1.26 bits per heavy atom. The molecule has 1 N–H and O–H groups in total. The summed E-state index contributed by atoms with van der Waals surface area (Å²) in [5, 5.41) is 3.15. The second-order valence-corrected chi connectivity index (χ2v) is 5.48. The molecule has 0 aliphatic rings. The first-order valence-electron chi connectivity index (χ1n) is 5.67. The van der Waals surface area contributed by atoms with E-state index >= 15 is 0 Å². The lowest BCUT2D eigenvalue weighted by atomic mass is 10.2. The number of anilines is 1. The molecule has 0 aliphatic carbocycles. The van der Waals surface area contributed by atoms with E-state index in [0.29, 0.717) is 16.4 Å². The van der Waals surface area contributed by atoms with Crippen LogP contribution in [0.4, 0.5) is 5.69 Å². The Balaban J connectivity index is 2.22. The summed E-state index contributed by atoms with van der Waals surface area (Å²) < 4.78 is 1.01. The van der Waals surface area contributed by atoms with Gasteiger partial charge in [-0.15, -0.1) is 0 Å². The number of hydrogen-bond donors (Lipinski definition) is 1. The van der Waals surface area contributed by atoms with Crippen molar-refractivity contribution in [2.45, 2.75) is 13.8 Å². The van der Waals surface area contributed by atoms with Gasteiger partial charge in [-0.1, -0.05) is 27.5 Å². The van der Waals surface area contributed by atoms with Gasteiger partial charge in [-0.25, -0.2) is 4.98 Å². The van der Waals surface area contributed by atoms with Crippen LogP contribution in [0.3, 0.4) is 0 Å². The van der Waals surface area contributed by atoms with E-state index in [9.17, 15) is 4.79 Å². The number of amides is 1. The van der Waals surface area contributed by atoms with E-state index in [1.165, 1.54) is 0 Å². The van der Waals surface area contributed by atoms with Gasteiger partial charge in [0.05, 0.1) is 0 Å². The van der Waals surface area contributed by atoms with Crippen molar-refractivity contribution in [3.8, 4) is 0 Å². The number of aromatic nitrogens is 1. The lowest BCUT2D eigenvalue weighted by molar-refractivity contribution is 0.102. The van der Waals surface area contributed by atoms with Crippen molar-refractivity contribution in [3.05, 3.63) is 56.8 Å². The van der Waals surface area contributed by atoms with Crippen molar-refractivity contribution < 1.29 is 4.79 Å². The molecule has 0 atom stereocenters. The van der Waals surface area contributed by atoms with Crippen molar-refractivity contribution in [2.24, 2.45) is 0 Å². The van der Waals surface area contributed by atoms with Crippen molar-refractivity contribution in [1.82, 2.24) is 4.98 Å². The number of carbonyl (C=O) groups is 1. The van der Waals surface area contributed by atoms with E-state index in [0.717, 1.165) is 15.7 Å². The second-order valence-electron chi connectivity index (χ2n) is 4.24. The van der Waals surface area contributed by atoms with Crippen molar-refractivity contribution in [1.29, 1.82) is 0 Å². The lowest BCUT2D eigenvalue weighted by Gasteiger charge is -2.08. The molecular weight excluding hydrogens is 328 g/mol. The highest BCUT2D eigenvalue weighted by Gasteiger charge is 2.09. The first-order chi connectivity index (χ1) is 8.95. The molecule has 1 amide bonds. The van der Waals surface area contributed by atoms with Gasteiger partial charge in [0.1, 0.15) is 5.15 Å². The molecule has 0 saturated carbocycles. The smallest absolute Gasteiger partial charge is 0.255 e. The number of rotatable bonds is 2. The highest BCUT2D eigenvalue weighted by molar-refractivity contribution is 9.10. The minimum absolute atomic E-state index is 0.200. The molecule has 98 valence electrons. The van der Waals surface area contributed by atoms with Gasteiger partial charge in [0.2, 0.25) is 0 Å². The molecule has 0 unspecified atom stereocenters. The molecule has 19 heavy (non-hydrogen) atoms. The first kappa shape index (κ1) is 14.0. The van der Waals surface area contributed by atoms with Crippen LogP contribution >= 0.6 is 27.5 Å². The fraction of sp³-hybridized carbons (Fsp3) is 0.143. The van der Waals surface area contributed by atoms with Gasteiger partial charge in [-0.05, 0) is 49.7 Å². The Morgan fingerprint density at radius 2 is 2.00 bits per heavy atom. The summed E-state index contributed by atoms with van der Waals surface area (Å²) in [6.45, 7) is 3.76. The third-order valence-corrected chi connectivity index (χ3v) is 3.68. The quantitative estimate of drug-likeness (QED) is 0.826. The predicted molar refractivity (Wildman–Crippen MR) is 80.8 cm³/mol. The minimum Gasteiger partial charge on any atom is -0.322 e. The highest BCUT2D eigenvalue weighted by Crippen LogP contribution is 2.21. The van der Waals surface area contributed by atoms with Gasteiger partial charge in [0.25, 0.3) is 5.91 Å². The topological polar surface area (TPSA) is 42.0 Å². The summed E-state index contributed by atoms with van der Waals surface area (Å²) in [5.74, 6) is -0.200. The highest BCUT2D eigenvalue weighted by atomic mass is 79.9. The van der Waals surface area contributed by atoms with E-state index in [1.807, 2.05) is 25.1 Å². The van der Waals surface area contributed by atoms with E-state index < -0.39 is 0 Å². The first-order valence-corrected chi connectivity index (χ1v) is 6.84. The molecule has 1 aromatic heterocycles. The summed E-state index contributed by atoms with van der Waals surface area (Å²) in [6, 6.07) is 8.89. The van der Waals surface area contributed by atoms with Crippen molar-refractivity contribution in [3.63, 3.8) is 0 Å². The van der Waals surface area contributed by atoms with E-state index in [1.54, 1.807) is 19.1 Å².